The van der Waals surface area contributed by atoms with Crippen molar-refractivity contribution >= 4 is 23.5 Å². The van der Waals surface area contributed by atoms with Crippen molar-refractivity contribution < 1.29 is 14.3 Å². The maximum absolute atomic E-state index is 11.6. The van der Waals surface area contributed by atoms with E-state index in [9.17, 15) is 4.79 Å². The number of ether oxygens (including phenoxy) is 2. The minimum absolute atomic E-state index is 0.216. The summed E-state index contributed by atoms with van der Waals surface area (Å²) in [6, 6.07) is 9.03. The fourth-order valence-corrected chi connectivity index (χ4v) is 2.24. The number of nitrogens with zero attached hydrogens (tertiary/aromatic N) is 1. The van der Waals surface area contributed by atoms with Crippen LogP contribution in [0.2, 0.25) is 0 Å². The van der Waals surface area contributed by atoms with Crippen LogP contribution in [0.5, 0.6) is 11.5 Å². The van der Waals surface area contributed by atoms with Crippen LogP contribution in [0, 0.1) is 0 Å². The van der Waals surface area contributed by atoms with Crippen molar-refractivity contribution in [2.24, 2.45) is 5.10 Å². The van der Waals surface area contributed by atoms with Crippen molar-refractivity contribution in [2.75, 3.05) is 6.79 Å². The third-order valence-corrected chi connectivity index (χ3v) is 3.39. The van der Waals surface area contributed by atoms with Gasteiger partial charge in [0.15, 0.2) is 11.5 Å². The molecule has 2 aromatic rings. The molecule has 1 aliphatic heterocycles. The summed E-state index contributed by atoms with van der Waals surface area (Å²) < 4.78 is 10.5. The average molecular weight is 274 g/mol. The van der Waals surface area contributed by atoms with E-state index in [1.54, 1.807) is 12.3 Å². The Labute approximate surface area is 113 Å². The molecule has 0 radical (unpaired) electrons. The standard InChI is InChI=1S/C13H10N2O3S/c16-13(12-2-1-5-19-12)15-14-7-9-3-4-10-11(6-9)18-8-17-10/h1-7H,8H2,(H,15,16)/b14-7-. The fraction of sp³-hybridized carbons (Fsp3) is 0.0769. The van der Waals surface area contributed by atoms with Gasteiger partial charge in [0.25, 0.3) is 5.91 Å². The lowest BCUT2D eigenvalue weighted by Crippen LogP contribution is -2.16. The summed E-state index contributed by atoms with van der Waals surface area (Å²) in [6.07, 6.45) is 1.56. The lowest BCUT2D eigenvalue weighted by molar-refractivity contribution is 0.0959. The zero-order valence-corrected chi connectivity index (χ0v) is 10.6. The Hall–Kier alpha value is -2.34. The van der Waals surface area contributed by atoms with Gasteiger partial charge in [0.05, 0.1) is 11.1 Å². The van der Waals surface area contributed by atoms with E-state index < -0.39 is 0 Å². The van der Waals surface area contributed by atoms with Crippen molar-refractivity contribution in [1.29, 1.82) is 0 Å². The number of benzene rings is 1. The number of carbonyl (C=O) groups excluding carboxylic acids is 1. The van der Waals surface area contributed by atoms with Gasteiger partial charge in [0, 0.05) is 0 Å². The molecule has 0 saturated carbocycles. The molecule has 19 heavy (non-hydrogen) atoms. The first-order valence-electron chi connectivity index (χ1n) is 5.59. The molecule has 0 bridgehead atoms. The lowest BCUT2D eigenvalue weighted by Gasteiger charge is -1.98. The summed E-state index contributed by atoms with van der Waals surface area (Å²) in [4.78, 5) is 12.3. The number of fused-ring (bicyclic) bond motifs is 1. The Balaban J connectivity index is 1.65. The van der Waals surface area contributed by atoms with Gasteiger partial charge < -0.3 is 9.47 Å². The SMILES string of the molecule is O=C(N/N=C\c1ccc2c(c1)OCO2)c1cccs1. The van der Waals surface area contributed by atoms with E-state index in [2.05, 4.69) is 10.5 Å². The molecule has 6 heteroatoms. The molecule has 5 nitrogen and oxygen atoms in total. The van der Waals surface area contributed by atoms with E-state index in [1.165, 1.54) is 11.3 Å². The Morgan fingerprint density at radius 1 is 1.32 bits per heavy atom. The number of rotatable bonds is 3. The minimum Gasteiger partial charge on any atom is -0.454 e. The van der Waals surface area contributed by atoms with E-state index in [1.807, 2.05) is 29.6 Å². The Morgan fingerprint density at radius 2 is 2.21 bits per heavy atom. The van der Waals surface area contributed by atoms with Gasteiger partial charge in [0.1, 0.15) is 0 Å². The van der Waals surface area contributed by atoms with E-state index >= 15 is 0 Å². The third kappa shape index (κ3) is 2.58. The largest absolute Gasteiger partial charge is 0.454 e. The van der Waals surface area contributed by atoms with Crippen LogP contribution >= 0.6 is 11.3 Å². The van der Waals surface area contributed by atoms with Crippen LogP contribution in [0.1, 0.15) is 15.2 Å². The molecule has 1 amide bonds. The van der Waals surface area contributed by atoms with Crippen LogP contribution in [-0.4, -0.2) is 18.9 Å². The van der Waals surface area contributed by atoms with Crippen LogP contribution in [0.3, 0.4) is 0 Å². The Kier molecular flexibility index (Phi) is 3.16. The number of hydrogen-bond acceptors (Lipinski definition) is 5. The molecule has 1 aliphatic rings. The number of hydrazone groups is 1. The van der Waals surface area contributed by atoms with Gasteiger partial charge in [-0.3, -0.25) is 4.79 Å². The van der Waals surface area contributed by atoms with Gasteiger partial charge in [-0.1, -0.05) is 6.07 Å². The number of carbonyl (C=O) groups is 1. The summed E-state index contributed by atoms with van der Waals surface area (Å²) in [7, 11) is 0. The fourth-order valence-electron chi connectivity index (χ4n) is 1.62. The minimum atomic E-state index is -0.216. The quantitative estimate of drug-likeness (QED) is 0.689. The molecular formula is C13H10N2O3S. The van der Waals surface area contributed by atoms with E-state index in [0.717, 1.165) is 11.3 Å². The predicted molar refractivity (Wildman–Crippen MR) is 71.9 cm³/mol. The topological polar surface area (TPSA) is 59.9 Å². The first kappa shape index (κ1) is 11.7. The molecule has 0 fully saturated rings. The van der Waals surface area contributed by atoms with Crippen LogP contribution < -0.4 is 14.9 Å². The summed E-state index contributed by atoms with van der Waals surface area (Å²) in [6.45, 7) is 0.241. The molecule has 0 spiro atoms. The second kappa shape index (κ2) is 5.11. The molecule has 2 heterocycles. The maximum atomic E-state index is 11.6. The van der Waals surface area contributed by atoms with Gasteiger partial charge in [-0.2, -0.15) is 5.10 Å². The first-order valence-corrected chi connectivity index (χ1v) is 6.47. The monoisotopic (exact) mass is 274 g/mol. The number of hydrogen-bond donors (Lipinski definition) is 1. The predicted octanol–water partition coefficient (Wildman–Crippen LogP) is 2.24. The number of thiophene rings is 1. The third-order valence-electron chi connectivity index (χ3n) is 2.52. The van der Waals surface area contributed by atoms with E-state index in [0.29, 0.717) is 10.6 Å². The zero-order chi connectivity index (χ0) is 13.1. The highest BCUT2D eigenvalue weighted by Gasteiger charge is 2.12. The van der Waals surface area contributed by atoms with Crippen molar-refractivity contribution in [3.63, 3.8) is 0 Å². The highest BCUT2D eigenvalue weighted by atomic mass is 32.1. The van der Waals surface area contributed by atoms with Gasteiger partial charge in [0.2, 0.25) is 6.79 Å². The number of amides is 1. The van der Waals surface area contributed by atoms with Gasteiger partial charge in [-0.05, 0) is 35.2 Å². The first-order chi connectivity index (χ1) is 9.33. The smallest absolute Gasteiger partial charge is 0.281 e. The van der Waals surface area contributed by atoms with Crippen LogP contribution in [-0.2, 0) is 0 Å². The molecule has 3 rings (SSSR count). The molecule has 0 aliphatic carbocycles. The van der Waals surface area contributed by atoms with Gasteiger partial charge in [-0.25, -0.2) is 5.43 Å². The molecule has 0 unspecified atom stereocenters. The van der Waals surface area contributed by atoms with Gasteiger partial charge >= 0.3 is 0 Å². The second-order valence-electron chi connectivity index (χ2n) is 3.79. The maximum Gasteiger partial charge on any atom is 0.281 e. The average Bonchev–Trinajstić information content (AvgIpc) is 3.09. The van der Waals surface area contributed by atoms with Crippen molar-refractivity contribution in [1.82, 2.24) is 5.43 Å². The lowest BCUT2D eigenvalue weighted by atomic mass is 10.2. The van der Waals surface area contributed by atoms with Crippen molar-refractivity contribution in [2.45, 2.75) is 0 Å². The zero-order valence-electron chi connectivity index (χ0n) is 9.83. The summed E-state index contributed by atoms with van der Waals surface area (Å²) in [5.41, 5.74) is 3.30. The van der Waals surface area contributed by atoms with Crippen LogP contribution in [0.15, 0.2) is 40.8 Å². The molecule has 1 N–H and O–H groups in total. The molecular weight excluding hydrogens is 264 g/mol. The summed E-state index contributed by atoms with van der Waals surface area (Å²) in [5.74, 6) is 1.19. The van der Waals surface area contributed by atoms with Crippen LogP contribution in [0.25, 0.3) is 0 Å². The van der Waals surface area contributed by atoms with Crippen molar-refractivity contribution in [3.8, 4) is 11.5 Å². The summed E-state index contributed by atoms with van der Waals surface area (Å²) in [5, 5.41) is 5.75. The molecule has 1 aromatic heterocycles. The van der Waals surface area contributed by atoms with E-state index in [4.69, 9.17) is 9.47 Å². The second-order valence-corrected chi connectivity index (χ2v) is 4.74. The molecule has 96 valence electrons. The molecule has 0 atom stereocenters. The highest BCUT2D eigenvalue weighted by molar-refractivity contribution is 7.12. The summed E-state index contributed by atoms with van der Waals surface area (Å²) >= 11 is 1.37. The van der Waals surface area contributed by atoms with Gasteiger partial charge in [-0.15, -0.1) is 11.3 Å². The Morgan fingerprint density at radius 3 is 3.05 bits per heavy atom. The normalized spacial score (nSPS) is 12.8. The number of nitrogens with one attached hydrogen (secondary N) is 1. The highest BCUT2D eigenvalue weighted by Crippen LogP contribution is 2.31. The Bertz CT molecular complexity index is 623. The molecule has 0 saturated heterocycles. The van der Waals surface area contributed by atoms with Crippen molar-refractivity contribution in [3.05, 3.63) is 46.2 Å². The molecule has 1 aromatic carbocycles. The van der Waals surface area contributed by atoms with Crippen LogP contribution in [0.4, 0.5) is 0 Å². The van der Waals surface area contributed by atoms with E-state index in [-0.39, 0.29) is 12.7 Å².